The lowest BCUT2D eigenvalue weighted by Gasteiger charge is -2.30. The molecule has 0 atom stereocenters. The van der Waals surface area contributed by atoms with Crippen molar-refractivity contribution in [1.29, 1.82) is 0 Å². The lowest BCUT2D eigenvalue weighted by molar-refractivity contribution is -0.117. The zero-order valence-electron chi connectivity index (χ0n) is 16.8. The number of hydrogen-bond donors (Lipinski definition) is 1. The molecule has 0 saturated heterocycles. The van der Waals surface area contributed by atoms with E-state index >= 15 is 0 Å². The van der Waals surface area contributed by atoms with Crippen molar-refractivity contribution in [3.63, 3.8) is 0 Å². The number of carbonyl (C=O) groups excluding carboxylic acids is 1. The molecule has 6 heteroatoms. The van der Waals surface area contributed by atoms with Crippen LogP contribution in [0.5, 0.6) is 5.75 Å². The van der Waals surface area contributed by atoms with Gasteiger partial charge in [-0.2, -0.15) is 0 Å². The van der Waals surface area contributed by atoms with Gasteiger partial charge < -0.3 is 19.9 Å². The number of hydrogen-bond acceptors (Lipinski definition) is 3. The molecule has 0 bridgehead atoms. The predicted molar refractivity (Wildman–Crippen MR) is 113 cm³/mol. The van der Waals surface area contributed by atoms with Crippen LogP contribution in [0.4, 0.5) is 5.69 Å². The minimum Gasteiger partial charge on any atom is -0.496 e. The molecule has 1 amide bonds. The third-order valence-electron chi connectivity index (χ3n) is 4.98. The van der Waals surface area contributed by atoms with Gasteiger partial charge in [0.25, 0.3) is 0 Å². The molecule has 0 spiro atoms. The number of aryl methyl sites for hydroxylation is 1. The van der Waals surface area contributed by atoms with Crippen LogP contribution in [0.1, 0.15) is 17.5 Å². The molecule has 0 saturated carbocycles. The predicted octanol–water partition coefficient (Wildman–Crippen LogP) is 2.68. The largest absolute Gasteiger partial charge is 0.496 e. The quantitative estimate of drug-likeness (QED) is 0.640. The van der Waals surface area contributed by atoms with Crippen LogP contribution in [0, 0.1) is 0 Å². The van der Waals surface area contributed by atoms with E-state index in [1.54, 1.807) is 14.2 Å². The van der Waals surface area contributed by atoms with Crippen LogP contribution < -0.4 is 15.0 Å². The topological polar surface area (TPSA) is 57.2 Å². The van der Waals surface area contributed by atoms with Crippen LogP contribution in [0.3, 0.4) is 0 Å². The van der Waals surface area contributed by atoms with Gasteiger partial charge in [0.15, 0.2) is 5.96 Å². The summed E-state index contributed by atoms with van der Waals surface area (Å²) in [6.07, 6.45) is 2.02. The summed E-state index contributed by atoms with van der Waals surface area (Å²) in [7, 11) is 5.34. The highest BCUT2D eigenvalue weighted by molar-refractivity contribution is 5.98. The number of guanidine groups is 1. The Labute approximate surface area is 166 Å². The number of fused-ring (bicyclic) bond motifs is 1. The van der Waals surface area contributed by atoms with Crippen molar-refractivity contribution >= 4 is 17.6 Å². The molecule has 1 heterocycles. The lowest BCUT2D eigenvalue weighted by Crippen LogP contribution is -2.46. The van der Waals surface area contributed by atoms with Crippen LogP contribution >= 0.6 is 0 Å². The van der Waals surface area contributed by atoms with Gasteiger partial charge in [-0.15, -0.1) is 0 Å². The summed E-state index contributed by atoms with van der Waals surface area (Å²) in [6.45, 7) is 1.59. The zero-order chi connectivity index (χ0) is 19.9. The lowest BCUT2D eigenvalue weighted by atomic mass is 10.0. The first-order chi connectivity index (χ1) is 13.6. The Morgan fingerprint density at radius 3 is 2.75 bits per heavy atom. The fourth-order valence-electron chi connectivity index (χ4n) is 3.59. The summed E-state index contributed by atoms with van der Waals surface area (Å²) < 4.78 is 5.42. The molecule has 0 fully saturated rings. The van der Waals surface area contributed by atoms with E-state index in [0.717, 1.165) is 36.4 Å². The molecule has 6 nitrogen and oxygen atoms in total. The van der Waals surface area contributed by atoms with Gasteiger partial charge >= 0.3 is 0 Å². The highest BCUT2D eigenvalue weighted by Crippen LogP contribution is 2.26. The van der Waals surface area contributed by atoms with Crippen molar-refractivity contribution in [2.45, 2.75) is 19.4 Å². The zero-order valence-corrected chi connectivity index (χ0v) is 16.8. The molecule has 1 N–H and O–H groups in total. The van der Waals surface area contributed by atoms with Gasteiger partial charge in [-0.1, -0.05) is 36.4 Å². The maximum absolute atomic E-state index is 12.8. The highest BCUT2D eigenvalue weighted by atomic mass is 16.5. The minimum atomic E-state index is 0.0546. The maximum Gasteiger partial charge on any atom is 0.246 e. The van der Waals surface area contributed by atoms with Crippen LogP contribution in [0.25, 0.3) is 0 Å². The Morgan fingerprint density at radius 2 is 1.96 bits per heavy atom. The number of amides is 1. The fraction of sp³-hybridized carbons (Fsp3) is 0.364. The van der Waals surface area contributed by atoms with E-state index < -0.39 is 0 Å². The van der Waals surface area contributed by atoms with Crippen LogP contribution in [-0.2, 0) is 17.8 Å². The standard InChI is InChI=1S/C22H28N4O2/c1-23-22(25(2)16-18-10-5-7-13-20(18)28-3)24-15-21(27)26-14-8-11-17-9-4-6-12-19(17)26/h4-7,9-10,12-13H,8,11,14-16H2,1-3H3,(H,23,24). The van der Waals surface area contributed by atoms with E-state index in [4.69, 9.17) is 4.74 Å². The first-order valence-corrected chi connectivity index (χ1v) is 9.56. The summed E-state index contributed by atoms with van der Waals surface area (Å²) >= 11 is 0. The van der Waals surface area contributed by atoms with E-state index in [1.165, 1.54) is 5.56 Å². The van der Waals surface area contributed by atoms with Gasteiger partial charge in [-0.25, -0.2) is 0 Å². The molecular weight excluding hydrogens is 352 g/mol. The van der Waals surface area contributed by atoms with Crippen molar-refractivity contribution in [2.24, 2.45) is 4.99 Å². The van der Waals surface area contributed by atoms with Crippen LogP contribution in [-0.4, -0.2) is 51.1 Å². The second kappa shape index (κ2) is 9.26. The number of benzene rings is 2. The van der Waals surface area contributed by atoms with Crippen LogP contribution in [0.15, 0.2) is 53.5 Å². The Bertz CT molecular complexity index is 850. The Hall–Kier alpha value is -3.02. The van der Waals surface area contributed by atoms with Crippen molar-refractivity contribution < 1.29 is 9.53 Å². The van der Waals surface area contributed by atoms with E-state index in [0.29, 0.717) is 12.5 Å². The molecular formula is C22H28N4O2. The van der Waals surface area contributed by atoms with Gasteiger partial charge in [0.1, 0.15) is 5.75 Å². The number of methoxy groups -OCH3 is 1. The number of anilines is 1. The summed E-state index contributed by atoms with van der Waals surface area (Å²) in [5, 5.41) is 3.20. The average Bonchev–Trinajstić information content (AvgIpc) is 2.74. The van der Waals surface area contributed by atoms with E-state index in [2.05, 4.69) is 16.4 Å². The summed E-state index contributed by atoms with van der Waals surface area (Å²) in [4.78, 5) is 21.0. The normalized spacial score (nSPS) is 13.7. The van der Waals surface area contributed by atoms with Crippen molar-refractivity contribution in [2.75, 3.05) is 39.2 Å². The SMILES string of the molecule is CN=C(NCC(=O)N1CCCc2ccccc21)N(C)Cc1ccccc1OC. The summed E-state index contributed by atoms with van der Waals surface area (Å²) in [5.41, 5.74) is 3.32. The Morgan fingerprint density at radius 1 is 1.21 bits per heavy atom. The fourth-order valence-corrected chi connectivity index (χ4v) is 3.59. The Kier molecular flexibility index (Phi) is 6.53. The molecule has 1 aliphatic rings. The average molecular weight is 380 g/mol. The molecule has 0 unspecified atom stereocenters. The van der Waals surface area contributed by atoms with Gasteiger partial charge in [0, 0.05) is 38.4 Å². The number of rotatable bonds is 5. The first-order valence-electron chi connectivity index (χ1n) is 9.56. The number of aliphatic imine (C=N–C) groups is 1. The van der Waals surface area contributed by atoms with Crippen molar-refractivity contribution in [3.8, 4) is 5.75 Å². The second-order valence-electron chi connectivity index (χ2n) is 6.85. The molecule has 3 rings (SSSR count). The highest BCUT2D eigenvalue weighted by Gasteiger charge is 2.22. The van der Waals surface area contributed by atoms with Gasteiger partial charge in [-0.3, -0.25) is 9.79 Å². The molecule has 0 aromatic heterocycles. The first kappa shape index (κ1) is 19.7. The van der Waals surface area contributed by atoms with Crippen molar-refractivity contribution in [1.82, 2.24) is 10.2 Å². The Balaban J connectivity index is 1.62. The number of nitrogens with zero attached hydrogens (tertiary/aromatic N) is 3. The van der Waals surface area contributed by atoms with E-state index in [-0.39, 0.29) is 12.5 Å². The molecule has 2 aromatic carbocycles. The van der Waals surface area contributed by atoms with E-state index in [1.807, 2.05) is 59.3 Å². The number of carbonyl (C=O) groups is 1. The van der Waals surface area contributed by atoms with Gasteiger partial charge in [-0.05, 0) is 30.5 Å². The minimum absolute atomic E-state index is 0.0546. The smallest absolute Gasteiger partial charge is 0.246 e. The van der Waals surface area contributed by atoms with Gasteiger partial charge in [0.2, 0.25) is 5.91 Å². The maximum atomic E-state index is 12.8. The molecule has 1 aliphatic heterocycles. The third kappa shape index (κ3) is 4.44. The molecule has 28 heavy (non-hydrogen) atoms. The second-order valence-corrected chi connectivity index (χ2v) is 6.85. The third-order valence-corrected chi connectivity index (χ3v) is 4.98. The monoisotopic (exact) mass is 380 g/mol. The number of nitrogens with one attached hydrogen (secondary N) is 1. The number of ether oxygens (including phenoxy) is 1. The molecule has 0 radical (unpaired) electrons. The molecule has 2 aromatic rings. The number of para-hydroxylation sites is 2. The van der Waals surface area contributed by atoms with E-state index in [9.17, 15) is 4.79 Å². The van der Waals surface area contributed by atoms with Crippen LogP contribution in [0.2, 0.25) is 0 Å². The van der Waals surface area contributed by atoms with Gasteiger partial charge in [0.05, 0.1) is 13.7 Å². The summed E-state index contributed by atoms with van der Waals surface area (Å²) in [5.74, 6) is 1.56. The van der Waals surface area contributed by atoms with Crippen molar-refractivity contribution in [3.05, 3.63) is 59.7 Å². The molecule has 148 valence electrons. The molecule has 0 aliphatic carbocycles. The summed E-state index contributed by atoms with van der Waals surface area (Å²) in [6, 6.07) is 16.0.